The molecular formula is C23H27NO6. The van der Waals surface area contributed by atoms with E-state index in [2.05, 4.69) is 0 Å². The summed E-state index contributed by atoms with van der Waals surface area (Å²) in [5, 5.41) is 10.4. The predicted octanol–water partition coefficient (Wildman–Crippen LogP) is 3.81. The Bertz CT molecular complexity index is 919. The average molecular weight is 413 g/mol. The Morgan fingerprint density at radius 1 is 1.13 bits per heavy atom. The monoisotopic (exact) mass is 413 g/mol. The molecule has 30 heavy (non-hydrogen) atoms. The van der Waals surface area contributed by atoms with Gasteiger partial charge in [0.1, 0.15) is 18.2 Å². The van der Waals surface area contributed by atoms with E-state index in [1.807, 2.05) is 30.3 Å². The third-order valence-corrected chi connectivity index (χ3v) is 4.78. The Hall–Kier alpha value is -3.22. The van der Waals surface area contributed by atoms with E-state index in [0.717, 1.165) is 11.1 Å². The fourth-order valence-corrected chi connectivity index (χ4v) is 3.38. The van der Waals surface area contributed by atoms with Gasteiger partial charge in [-0.2, -0.15) is 0 Å². The van der Waals surface area contributed by atoms with Crippen LogP contribution < -0.4 is 4.74 Å². The smallest absolute Gasteiger partial charge is 0.411 e. The van der Waals surface area contributed by atoms with Gasteiger partial charge in [-0.1, -0.05) is 36.4 Å². The number of phenols is 1. The Morgan fingerprint density at radius 2 is 1.83 bits per heavy atom. The lowest BCUT2D eigenvalue weighted by Crippen LogP contribution is -2.50. The molecule has 1 amide bonds. The summed E-state index contributed by atoms with van der Waals surface area (Å²) in [6, 6.07) is 12.0. The molecule has 3 rings (SSSR count). The van der Waals surface area contributed by atoms with Gasteiger partial charge in [-0.05, 0) is 38.0 Å². The molecular weight excluding hydrogens is 386 g/mol. The Balaban J connectivity index is 1.91. The maximum absolute atomic E-state index is 12.7. The lowest BCUT2D eigenvalue weighted by atomic mass is 9.93. The number of benzene rings is 2. The van der Waals surface area contributed by atoms with Crippen LogP contribution in [0.3, 0.4) is 0 Å². The van der Waals surface area contributed by atoms with Crippen LogP contribution in [0.5, 0.6) is 11.5 Å². The molecule has 2 aromatic rings. The highest BCUT2D eigenvalue weighted by molar-refractivity contribution is 5.83. The van der Waals surface area contributed by atoms with Gasteiger partial charge in [-0.25, -0.2) is 9.59 Å². The van der Waals surface area contributed by atoms with Gasteiger partial charge < -0.3 is 19.3 Å². The van der Waals surface area contributed by atoms with Crippen molar-refractivity contribution in [1.82, 2.24) is 4.90 Å². The second-order valence-corrected chi connectivity index (χ2v) is 8.18. The zero-order valence-electron chi connectivity index (χ0n) is 17.7. The normalized spacial score (nSPS) is 15.9. The number of rotatable bonds is 4. The first-order chi connectivity index (χ1) is 14.2. The first-order valence-corrected chi connectivity index (χ1v) is 9.77. The number of hydrogen-bond donors (Lipinski definition) is 1. The van der Waals surface area contributed by atoms with E-state index in [0.29, 0.717) is 11.3 Å². The van der Waals surface area contributed by atoms with Gasteiger partial charge in [-0.15, -0.1) is 0 Å². The summed E-state index contributed by atoms with van der Waals surface area (Å²) in [5.74, 6) is -0.253. The number of ether oxygens (including phenoxy) is 3. The molecule has 1 unspecified atom stereocenters. The van der Waals surface area contributed by atoms with Crippen LogP contribution in [0, 0.1) is 0 Å². The number of carbonyl (C=O) groups excluding carboxylic acids is 2. The zero-order valence-corrected chi connectivity index (χ0v) is 17.7. The molecule has 0 aromatic heterocycles. The van der Waals surface area contributed by atoms with Crippen molar-refractivity contribution < 1.29 is 28.9 Å². The average Bonchev–Trinajstić information content (AvgIpc) is 2.71. The van der Waals surface area contributed by atoms with Crippen molar-refractivity contribution in [1.29, 1.82) is 0 Å². The van der Waals surface area contributed by atoms with Crippen LogP contribution in [-0.4, -0.2) is 40.8 Å². The van der Waals surface area contributed by atoms with Gasteiger partial charge >= 0.3 is 12.1 Å². The molecule has 1 aliphatic rings. The second-order valence-electron chi connectivity index (χ2n) is 8.18. The van der Waals surface area contributed by atoms with Crippen LogP contribution in [0.25, 0.3) is 0 Å². The molecule has 160 valence electrons. The van der Waals surface area contributed by atoms with Crippen LogP contribution >= 0.6 is 0 Å². The van der Waals surface area contributed by atoms with E-state index in [4.69, 9.17) is 14.2 Å². The van der Waals surface area contributed by atoms with Gasteiger partial charge in [0, 0.05) is 12.0 Å². The molecule has 0 radical (unpaired) electrons. The maximum Gasteiger partial charge on any atom is 0.411 e. The fourth-order valence-electron chi connectivity index (χ4n) is 3.38. The van der Waals surface area contributed by atoms with Crippen molar-refractivity contribution in [2.75, 3.05) is 7.11 Å². The van der Waals surface area contributed by atoms with Crippen LogP contribution in [0.4, 0.5) is 4.79 Å². The van der Waals surface area contributed by atoms with E-state index in [1.165, 1.54) is 18.1 Å². The number of esters is 1. The molecule has 2 aromatic carbocycles. The van der Waals surface area contributed by atoms with Crippen LogP contribution in [0.1, 0.15) is 37.5 Å². The minimum atomic E-state index is -0.877. The van der Waals surface area contributed by atoms with Gasteiger partial charge in [0.2, 0.25) is 0 Å². The molecule has 0 fully saturated rings. The van der Waals surface area contributed by atoms with Crippen molar-refractivity contribution in [2.24, 2.45) is 0 Å². The van der Waals surface area contributed by atoms with Crippen LogP contribution in [-0.2, 0) is 33.8 Å². The predicted molar refractivity (Wildman–Crippen MR) is 110 cm³/mol. The minimum Gasteiger partial charge on any atom is -0.504 e. The van der Waals surface area contributed by atoms with E-state index >= 15 is 0 Å². The minimum absolute atomic E-state index is 0.0148. The summed E-state index contributed by atoms with van der Waals surface area (Å²) in [7, 11) is 1.28. The molecule has 7 heteroatoms. The van der Waals surface area contributed by atoms with Crippen LogP contribution in [0.15, 0.2) is 42.5 Å². The van der Waals surface area contributed by atoms with Crippen molar-refractivity contribution in [3.05, 3.63) is 59.2 Å². The van der Waals surface area contributed by atoms with E-state index < -0.39 is 23.7 Å². The van der Waals surface area contributed by atoms with Crippen molar-refractivity contribution >= 4 is 12.1 Å². The topological polar surface area (TPSA) is 85.3 Å². The highest BCUT2D eigenvalue weighted by atomic mass is 16.6. The number of nitrogens with zero attached hydrogens (tertiary/aromatic N) is 1. The molecule has 7 nitrogen and oxygen atoms in total. The number of phenolic OH excluding ortho intramolecular Hbond substituents is 1. The van der Waals surface area contributed by atoms with E-state index in [9.17, 15) is 14.7 Å². The van der Waals surface area contributed by atoms with Crippen LogP contribution in [0.2, 0.25) is 0 Å². The van der Waals surface area contributed by atoms with Crippen molar-refractivity contribution in [2.45, 2.75) is 52.0 Å². The number of amides is 1. The molecule has 0 bridgehead atoms. The second kappa shape index (κ2) is 8.65. The Kier molecular flexibility index (Phi) is 6.20. The number of aromatic hydroxyl groups is 1. The number of methoxy groups -OCH3 is 1. The SMILES string of the molecule is COC(=O)C1Cc2c(ccc(O)c2OCc2ccccc2)CN1C(=O)OC(C)(C)C. The summed E-state index contributed by atoms with van der Waals surface area (Å²) in [6.07, 6.45) is -0.442. The summed E-state index contributed by atoms with van der Waals surface area (Å²) >= 11 is 0. The maximum atomic E-state index is 12.7. The Morgan fingerprint density at radius 3 is 2.47 bits per heavy atom. The molecule has 1 aliphatic heterocycles. The summed E-state index contributed by atoms with van der Waals surface area (Å²) in [4.78, 5) is 26.5. The molecule has 0 saturated carbocycles. The van der Waals surface area contributed by atoms with Gasteiger partial charge in [0.05, 0.1) is 13.7 Å². The third-order valence-electron chi connectivity index (χ3n) is 4.78. The van der Waals surface area contributed by atoms with Gasteiger partial charge in [0.15, 0.2) is 11.5 Å². The number of carbonyl (C=O) groups is 2. The first kappa shape index (κ1) is 21.5. The third kappa shape index (κ3) is 4.84. The quantitative estimate of drug-likeness (QED) is 0.768. The lowest BCUT2D eigenvalue weighted by Gasteiger charge is -2.36. The van der Waals surface area contributed by atoms with E-state index in [-0.39, 0.29) is 25.3 Å². The molecule has 1 atom stereocenters. The van der Waals surface area contributed by atoms with E-state index in [1.54, 1.807) is 26.8 Å². The standard InChI is InChI=1S/C23H27NO6/c1-23(2,3)30-22(27)24-13-16-10-11-19(25)20(17(16)12-18(24)21(26)28-4)29-14-15-8-6-5-7-9-15/h5-11,18,25H,12-14H2,1-4H3. The molecule has 0 aliphatic carbocycles. The number of fused-ring (bicyclic) bond motifs is 1. The van der Waals surface area contributed by atoms with Crippen molar-refractivity contribution in [3.63, 3.8) is 0 Å². The van der Waals surface area contributed by atoms with Gasteiger partial charge in [0.25, 0.3) is 0 Å². The highest BCUT2D eigenvalue weighted by Gasteiger charge is 2.39. The zero-order chi connectivity index (χ0) is 21.9. The summed E-state index contributed by atoms with van der Waals surface area (Å²) in [6.45, 7) is 5.71. The fraction of sp³-hybridized carbons (Fsp3) is 0.391. The molecule has 1 heterocycles. The largest absolute Gasteiger partial charge is 0.504 e. The molecule has 0 saturated heterocycles. The highest BCUT2D eigenvalue weighted by Crippen LogP contribution is 2.38. The van der Waals surface area contributed by atoms with Gasteiger partial charge in [-0.3, -0.25) is 4.90 Å². The van der Waals surface area contributed by atoms with Crippen molar-refractivity contribution in [3.8, 4) is 11.5 Å². The summed E-state index contributed by atoms with van der Waals surface area (Å²) < 4.78 is 16.3. The lowest BCUT2D eigenvalue weighted by molar-refractivity contribution is -0.147. The summed E-state index contributed by atoms with van der Waals surface area (Å²) in [5.41, 5.74) is 1.71. The Labute approximate surface area is 176 Å². The first-order valence-electron chi connectivity index (χ1n) is 9.77. The molecule has 0 spiro atoms. The number of hydrogen-bond acceptors (Lipinski definition) is 6. The molecule has 1 N–H and O–H groups in total.